The van der Waals surface area contributed by atoms with Crippen LogP contribution in [0.2, 0.25) is 0 Å². The summed E-state index contributed by atoms with van der Waals surface area (Å²) in [6.07, 6.45) is 2.59. The van der Waals surface area contributed by atoms with Gasteiger partial charge < -0.3 is 14.6 Å². The second-order valence-electron chi connectivity index (χ2n) is 5.52. The van der Waals surface area contributed by atoms with Gasteiger partial charge in [0.1, 0.15) is 5.82 Å². The number of rotatable bonds is 2. The smallest absolute Gasteiger partial charge is 0.251 e. The monoisotopic (exact) mass is 277 g/mol. The van der Waals surface area contributed by atoms with Gasteiger partial charge in [-0.25, -0.2) is 4.98 Å². The molecule has 3 rings (SSSR count). The zero-order valence-electron chi connectivity index (χ0n) is 11.6. The molecular formula is C14H19N3O3. The van der Waals surface area contributed by atoms with Crippen molar-refractivity contribution >= 4 is 5.91 Å². The molecule has 0 saturated carbocycles. The van der Waals surface area contributed by atoms with Gasteiger partial charge in [0.15, 0.2) is 0 Å². The Hall–Kier alpha value is -1.69. The van der Waals surface area contributed by atoms with Crippen LogP contribution in [-0.2, 0) is 9.53 Å². The molecule has 3 heterocycles. The molecule has 108 valence electrons. The molecule has 6 heteroatoms. The molecular weight excluding hydrogens is 258 g/mol. The number of hydrogen-bond donors (Lipinski definition) is 1. The molecule has 2 saturated heterocycles. The molecule has 2 fully saturated rings. The molecule has 20 heavy (non-hydrogen) atoms. The van der Waals surface area contributed by atoms with Gasteiger partial charge in [-0.15, -0.1) is 0 Å². The van der Waals surface area contributed by atoms with Crippen molar-refractivity contribution in [2.45, 2.75) is 32.2 Å². The number of ether oxygens (including phenoxy) is 1. The molecule has 0 aliphatic carbocycles. The maximum Gasteiger partial charge on any atom is 0.251 e. The molecule has 2 aliphatic heterocycles. The van der Waals surface area contributed by atoms with Crippen molar-refractivity contribution in [3.05, 3.63) is 27.9 Å². The number of aryl methyl sites for hydroxylation is 1. The topological polar surface area (TPSA) is 75.3 Å². The predicted molar refractivity (Wildman–Crippen MR) is 72.2 cm³/mol. The van der Waals surface area contributed by atoms with Crippen molar-refractivity contribution in [3.8, 4) is 0 Å². The Kier molecular flexibility index (Phi) is 3.56. The number of likely N-dealkylation sites (tertiary alicyclic amines) is 1. The van der Waals surface area contributed by atoms with Gasteiger partial charge in [0, 0.05) is 24.9 Å². The minimum absolute atomic E-state index is 0.0351. The quantitative estimate of drug-likeness (QED) is 0.866. The first-order chi connectivity index (χ1) is 9.65. The van der Waals surface area contributed by atoms with E-state index < -0.39 is 0 Å². The molecule has 0 spiro atoms. The van der Waals surface area contributed by atoms with E-state index >= 15 is 0 Å². The molecule has 1 aromatic heterocycles. The Morgan fingerprint density at radius 2 is 2.35 bits per heavy atom. The first kappa shape index (κ1) is 13.3. The summed E-state index contributed by atoms with van der Waals surface area (Å²) in [5, 5.41) is 0. The van der Waals surface area contributed by atoms with Crippen LogP contribution in [0.15, 0.2) is 10.9 Å². The number of carbonyl (C=O) groups is 1. The van der Waals surface area contributed by atoms with E-state index in [1.54, 1.807) is 6.92 Å². The highest BCUT2D eigenvalue weighted by molar-refractivity contribution is 5.79. The minimum Gasteiger partial charge on any atom is -0.381 e. The highest BCUT2D eigenvalue weighted by Gasteiger charge is 2.36. The number of H-pyrrole nitrogens is 1. The third-order valence-electron chi connectivity index (χ3n) is 4.02. The summed E-state index contributed by atoms with van der Waals surface area (Å²) in [6.45, 7) is 3.70. The predicted octanol–water partition coefficient (Wildman–Crippen LogP) is 0.778. The average molecular weight is 277 g/mol. The van der Waals surface area contributed by atoms with Crippen LogP contribution in [0.25, 0.3) is 0 Å². The van der Waals surface area contributed by atoms with E-state index in [2.05, 4.69) is 9.97 Å². The van der Waals surface area contributed by atoms with E-state index in [-0.39, 0.29) is 23.4 Å². The van der Waals surface area contributed by atoms with Crippen LogP contribution in [0.4, 0.5) is 0 Å². The van der Waals surface area contributed by atoms with Gasteiger partial charge in [-0.3, -0.25) is 9.59 Å². The summed E-state index contributed by atoms with van der Waals surface area (Å²) in [5.41, 5.74) is 0.531. The van der Waals surface area contributed by atoms with Gasteiger partial charge in [-0.05, 0) is 26.2 Å². The largest absolute Gasteiger partial charge is 0.381 e. The van der Waals surface area contributed by atoms with E-state index in [1.165, 1.54) is 6.07 Å². The maximum absolute atomic E-state index is 12.5. The van der Waals surface area contributed by atoms with Crippen molar-refractivity contribution in [2.24, 2.45) is 5.92 Å². The number of nitrogens with zero attached hydrogens (tertiary/aromatic N) is 2. The zero-order valence-corrected chi connectivity index (χ0v) is 11.6. The van der Waals surface area contributed by atoms with Crippen LogP contribution in [0.5, 0.6) is 0 Å². The second kappa shape index (κ2) is 5.36. The van der Waals surface area contributed by atoms with E-state index in [0.29, 0.717) is 24.7 Å². The van der Waals surface area contributed by atoms with E-state index in [0.717, 1.165) is 25.8 Å². The second-order valence-corrected chi connectivity index (χ2v) is 5.52. The first-order valence-corrected chi connectivity index (χ1v) is 7.11. The molecule has 6 nitrogen and oxygen atoms in total. The van der Waals surface area contributed by atoms with Crippen molar-refractivity contribution in [1.29, 1.82) is 0 Å². The summed E-state index contributed by atoms with van der Waals surface area (Å²) < 4.78 is 5.30. The van der Waals surface area contributed by atoms with Crippen LogP contribution in [0, 0.1) is 12.8 Å². The standard InChI is InChI=1S/C14H19N3O3/c1-9-7-12(18)16-13(15-9)11-3-2-5-17(11)14(19)10-4-6-20-8-10/h7,10-11H,2-6,8H2,1H3,(H,15,16,18)/t10-,11-/m1/s1. The SMILES string of the molecule is Cc1cc(=O)[nH]c([C@H]2CCCN2C(=O)[C@@H]2CCOC2)n1. The van der Waals surface area contributed by atoms with Crippen molar-refractivity contribution in [1.82, 2.24) is 14.9 Å². The summed E-state index contributed by atoms with van der Waals surface area (Å²) in [4.78, 5) is 33.1. The molecule has 2 atom stereocenters. The molecule has 1 aromatic rings. The Bertz CT molecular complexity index is 563. The fourth-order valence-electron chi connectivity index (χ4n) is 3.04. The molecule has 0 aromatic carbocycles. The number of aromatic amines is 1. The molecule has 0 radical (unpaired) electrons. The Morgan fingerprint density at radius 1 is 1.50 bits per heavy atom. The summed E-state index contributed by atoms with van der Waals surface area (Å²) in [7, 11) is 0. The van der Waals surface area contributed by atoms with E-state index in [4.69, 9.17) is 4.74 Å². The van der Waals surface area contributed by atoms with Crippen LogP contribution < -0.4 is 5.56 Å². The molecule has 2 aliphatic rings. The summed E-state index contributed by atoms with van der Waals surface area (Å²) >= 11 is 0. The number of amides is 1. The van der Waals surface area contributed by atoms with Crippen LogP contribution in [-0.4, -0.2) is 40.5 Å². The van der Waals surface area contributed by atoms with Gasteiger partial charge in [0.05, 0.1) is 18.6 Å². The number of aromatic nitrogens is 2. The van der Waals surface area contributed by atoms with Gasteiger partial charge >= 0.3 is 0 Å². The van der Waals surface area contributed by atoms with Gasteiger partial charge in [0.2, 0.25) is 5.91 Å². The fourth-order valence-corrected chi connectivity index (χ4v) is 3.04. The van der Waals surface area contributed by atoms with Crippen molar-refractivity contribution in [2.75, 3.05) is 19.8 Å². The summed E-state index contributed by atoms with van der Waals surface area (Å²) in [5.74, 6) is 0.709. The lowest BCUT2D eigenvalue weighted by Crippen LogP contribution is -2.37. The van der Waals surface area contributed by atoms with Crippen molar-refractivity contribution in [3.63, 3.8) is 0 Å². The minimum atomic E-state index is -0.156. The van der Waals surface area contributed by atoms with E-state index in [9.17, 15) is 9.59 Å². The van der Waals surface area contributed by atoms with Crippen molar-refractivity contribution < 1.29 is 9.53 Å². The lowest BCUT2D eigenvalue weighted by Gasteiger charge is -2.26. The lowest BCUT2D eigenvalue weighted by molar-refractivity contribution is -0.136. The number of carbonyl (C=O) groups excluding carboxylic acids is 1. The highest BCUT2D eigenvalue weighted by atomic mass is 16.5. The maximum atomic E-state index is 12.5. The Morgan fingerprint density at radius 3 is 3.05 bits per heavy atom. The van der Waals surface area contributed by atoms with Gasteiger partial charge in [0.25, 0.3) is 5.56 Å². The molecule has 1 N–H and O–H groups in total. The molecule has 0 bridgehead atoms. The summed E-state index contributed by atoms with van der Waals surface area (Å²) in [6, 6.07) is 1.37. The highest BCUT2D eigenvalue weighted by Crippen LogP contribution is 2.32. The van der Waals surface area contributed by atoms with E-state index in [1.807, 2.05) is 4.90 Å². The lowest BCUT2D eigenvalue weighted by atomic mass is 10.1. The fraction of sp³-hybridized carbons (Fsp3) is 0.643. The number of nitrogens with one attached hydrogen (secondary N) is 1. The molecule has 0 unspecified atom stereocenters. The van der Waals surface area contributed by atoms with Crippen LogP contribution in [0.1, 0.15) is 36.8 Å². The normalized spacial score (nSPS) is 26.1. The Labute approximate surface area is 117 Å². The Balaban J connectivity index is 1.84. The molecule has 1 amide bonds. The van der Waals surface area contributed by atoms with Gasteiger partial charge in [-0.2, -0.15) is 0 Å². The average Bonchev–Trinajstić information content (AvgIpc) is 3.08. The van der Waals surface area contributed by atoms with Gasteiger partial charge in [-0.1, -0.05) is 0 Å². The third kappa shape index (κ3) is 2.47. The first-order valence-electron chi connectivity index (χ1n) is 7.11. The van der Waals surface area contributed by atoms with Crippen LogP contribution in [0.3, 0.4) is 0 Å². The third-order valence-corrected chi connectivity index (χ3v) is 4.02. The van der Waals surface area contributed by atoms with Crippen LogP contribution >= 0.6 is 0 Å². The zero-order chi connectivity index (χ0) is 14.1. The number of hydrogen-bond acceptors (Lipinski definition) is 4.